The second kappa shape index (κ2) is 8.81. The summed E-state index contributed by atoms with van der Waals surface area (Å²) in [7, 11) is 0. The summed E-state index contributed by atoms with van der Waals surface area (Å²) in [5, 5.41) is 3.50. The molecule has 2 aromatic rings. The summed E-state index contributed by atoms with van der Waals surface area (Å²) in [6.45, 7) is 4.60. The van der Waals surface area contributed by atoms with Crippen molar-refractivity contribution in [1.82, 2.24) is 15.1 Å². The lowest BCUT2D eigenvalue weighted by atomic mass is 10.2. The second-order valence-electron chi connectivity index (χ2n) is 6.25. The van der Waals surface area contributed by atoms with Gasteiger partial charge in [0, 0.05) is 31.2 Å². The molecule has 0 saturated carbocycles. The number of ether oxygens (including phenoxy) is 1. The van der Waals surface area contributed by atoms with Crippen molar-refractivity contribution in [2.75, 3.05) is 39.3 Å². The molecule has 1 fully saturated rings. The average molecular weight is 392 g/mol. The molecule has 3 rings (SSSR count). The third kappa shape index (κ3) is 4.95. The molecule has 1 aromatic heterocycles. The topological polar surface area (TPSA) is 75.0 Å². The molecule has 0 radical (unpaired) electrons. The predicted molar refractivity (Wildman–Crippen MR) is 101 cm³/mol. The summed E-state index contributed by atoms with van der Waals surface area (Å²) in [5.41, 5.74) is 0.950. The number of carbonyl (C=O) groups is 2. The van der Waals surface area contributed by atoms with Crippen LogP contribution in [-0.4, -0.2) is 61.1 Å². The molecule has 0 atom stereocenters. The van der Waals surface area contributed by atoms with Crippen LogP contribution in [0, 0.1) is 6.92 Å². The highest BCUT2D eigenvalue weighted by Crippen LogP contribution is 2.21. The number of piperazine rings is 1. The van der Waals surface area contributed by atoms with E-state index in [-0.39, 0.29) is 11.9 Å². The van der Waals surface area contributed by atoms with Gasteiger partial charge in [-0.15, -0.1) is 0 Å². The quantitative estimate of drug-likeness (QED) is 0.795. The van der Waals surface area contributed by atoms with Crippen LogP contribution in [-0.2, 0) is 0 Å². The van der Waals surface area contributed by atoms with E-state index in [9.17, 15) is 9.59 Å². The third-order valence-corrected chi connectivity index (χ3v) is 4.59. The van der Waals surface area contributed by atoms with Gasteiger partial charge in [-0.1, -0.05) is 11.6 Å². The fraction of sp³-hybridized carbons (Fsp3) is 0.368. The van der Waals surface area contributed by atoms with Gasteiger partial charge in [-0.2, -0.15) is 0 Å². The first-order valence-corrected chi connectivity index (χ1v) is 9.17. The summed E-state index contributed by atoms with van der Waals surface area (Å²) in [5.74, 6) is 0.924. The second-order valence-corrected chi connectivity index (χ2v) is 6.68. The highest BCUT2D eigenvalue weighted by molar-refractivity contribution is 6.30. The molecular formula is C19H22ClN3O4. The Morgan fingerprint density at radius 1 is 1.19 bits per heavy atom. The minimum absolute atomic E-state index is 0.146. The summed E-state index contributed by atoms with van der Waals surface area (Å²) < 4.78 is 10.8. The van der Waals surface area contributed by atoms with Crippen LogP contribution < -0.4 is 10.1 Å². The molecular weight excluding hydrogens is 370 g/mol. The first kappa shape index (κ1) is 19.1. The number of nitrogens with zero attached hydrogens (tertiary/aromatic N) is 2. The third-order valence-electron chi connectivity index (χ3n) is 4.36. The molecule has 0 spiro atoms. The molecule has 3 amide bonds. The van der Waals surface area contributed by atoms with Crippen molar-refractivity contribution < 1.29 is 18.7 Å². The minimum atomic E-state index is -0.156. The number of amides is 3. The van der Waals surface area contributed by atoms with Crippen LogP contribution in [0.4, 0.5) is 4.79 Å². The monoisotopic (exact) mass is 391 g/mol. The van der Waals surface area contributed by atoms with Gasteiger partial charge in [0.05, 0.1) is 12.8 Å². The number of furan rings is 1. The minimum Gasteiger partial charge on any atom is -0.491 e. The maximum atomic E-state index is 12.2. The van der Waals surface area contributed by atoms with Crippen LogP contribution in [0.5, 0.6) is 5.75 Å². The lowest BCUT2D eigenvalue weighted by molar-refractivity contribution is 0.0634. The highest BCUT2D eigenvalue weighted by Gasteiger charge is 2.25. The zero-order valence-electron chi connectivity index (χ0n) is 15.1. The number of carbonyl (C=O) groups excluding carboxylic acids is 2. The number of urea groups is 1. The van der Waals surface area contributed by atoms with E-state index in [1.54, 1.807) is 28.0 Å². The van der Waals surface area contributed by atoms with E-state index in [0.29, 0.717) is 50.1 Å². The van der Waals surface area contributed by atoms with E-state index in [2.05, 4.69) is 5.32 Å². The first-order valence-electron chi connectivity index (χ1n) is 8.79. The van der Waals surface area contributed by atoms with Crippen molar-refractivity contribution in [3.8, 4) is 5.75 Å². The number of hydrogen-bond acceptors (Lipinski definition) is 4. The van der Waals surface area contributed by atoms with Gasteiger partial charge in [0.25, 0.3) is 5.91 Å². The van der Waals surface area contributed by atoms with Gasteiger partial charge in [-0.05, 0) is 42.8 Å². The zero-order chi connectivity index (χ0) is 19.2. The predicted octanol–water partition coefficient (Wildman–Crippen LogP) is 2.79. The fourth-order valence-electron chi connectivity index (χ4n) is 2.87. The Kier molecular flexibility index (Phi) is 6.24. The summed E-state index contributed by atoms with van der Waals surface area (Å²) in [4.78, 5) is 27.8. The van der Waals surface area contributed by atoms with Gasteiger partial charge in [-0.3, -0.25) is 4.79 Å². The highest BCUT2D eigenvalue weighted by atomic mass is 35.5. The van der Waals surface area contributed by atoms with Crippen LogP contribution in [0.2, 0.25) is 5.02 Å². The number of halogens is 1. The van der Waals surface area contributed by atoms with E-state index < -0.39 is 0 Å². The molecule has 1 aliphatic heterocycles. The van der Waals surface area contributed by atoms with Crippen molar-refractivity contribution in [2.24, 2.45) is 0 Å². The van der Waals surface area contributed by atoms with Crippen LogP contribution in [0.15, 0.2) is 41.0 Å². The molecule has 1 aliphatic rings. The molecule has 1 N–H and O–H groups in total. The summed E-state index contributed by atoms with van der Waals surface area (Å²) in [6.07, 6.45) is 1.48. The Bertz CT molecular complexity index is 786. The summed E-state index contributed by atoms with van der Waals surface area (Å²) >= 11 is 5.92. The van der Waals surface area contributed by atoms with Crippen LogP contribution in [0.3, 0.4) is 0 Å². The van der Waals surface area contributed by atoms with E-state index in [4.69, 9.17) is 20.8 Å². The fourth-order valence-corrected chi connectivity index (χ4v) is 3.10. The van der Waals surface area contributed by atoms with Crippen LogP contribution in [0.25, 0.3) is 0 Å². The van der Waals surface area contributed by atoms with Crippen LogP contribution in [0.1, 0.15) is 16.1 Å². The van der Waals surface area contributed by atoms with Crippen molar-refractivity contribution >= 4 is 23.5 Å². The van der Waals surface area contributed by atoms with E-state index in [1.807, 2.05) is 19.1 Å². The number of nitrogens with one attached hydrogen (secondary N) is 1. The van der Waals surface area contributed by atoms with Crippen molar-refractivity contribution in [2.45, 2.75) is 6.92 Å². The van der Waals surface area contributed by atoms with Gasteiger partial charge in [0.15, 0.2) is 5.76 Å². The van der Waals surface area contributed by atoms with E-state index in [0.717, 1.165) is 11.3 Å². The molecule has 2 heterocycles. The molecule has 1 aromatic carbocycles. The average Bonchev–Trinajstić information content (AvgIpc) is 3.21. The van der Waals surface area contributed by atoms with Crippen molar-refractivity contribution in [1.29, 1.82) is 0 Å². The van der Waals surface area contributed by atoms with Gasteiger partial charge < -0.3 is 24.3 Å². The molecule has 0 aliphatic carbocycles. The Balaban J connectivity index is 1.37. The van der Waals surface area contributed by atoms with Gasteiger partial charge in [0.2, 0.25) is 0 Å². The Labute approximate surface area is 162 Å². The molecule has 0 unspecified atom stereocenters. The largest absolute Gasteiger partial charge is 0.491 e. The van der Waals surface area contributed by atoms with Crippen molar-refractivity contribution in [3.63, 3.8) is 0 Å². The molecule has 8 heteroatoms. The van der Waals surface area contributed by atoms with Crippen LogP contribution >= 0.6 is 11.6 Å². The van der Waals surface area contributed by atoms with Gasteiger partial charge >= 0.3 is 6.03 Å². The Morgan fingerprint density at radius 2 is 1.93 bits per heavy atom. The molecule has 144 valence electrons. The smallest absolute Gasteiger partial charge is 0.317 e. The number of benzene rings is 1. The summed E-state index contributed by atoms with van der Waals surface area (Å²) in [6, 6.07) is 8.59. The number of aryl methyl sites for hydroxylation is 1. The van der Waals surface area contributed by atoms with Crippen molar-refractivity contribution in [3.05, 3.63) is 52.9 Å². The standard InChI is InChI=1S/C19H22ClN3O4/c1-14-13-15(20)4-5-16(14)27-12-6-21-19(25)23-9-7-22(8-10-23)18(24)17-3-2-11-26-17/h2-5,11,13H,6-10,12H2,1H3,(H,21,25). The van der Waals surface area contributed by atoms with E-state index >= 15 is 0 Å². The SMILES string of the molecule is Cc1cc(Cl)ccc1OCCNC(=O)N1CCN(C(=O)c2ccco2)CC1. The normalized spacial score (nSPS) is 14.1. The van der Waals surface area contributed by atoms with Gasteiger partial charge in [-0.25, -0.2) is 4.79 Å². The van der Waals surface area contributed by atoms with Gasteiger partial charge in [0.1, 0.15) is 12.4 Å². The lowest BCUT2D eigenvalue weighted by Crippen LogP contribution is -2.53. The Hall–Kier alpha value is -2.67. The zero-order valence-corrected chi connectivity index (χ0v) is 15.9. The number of rotatable bonds is 5. The molecule has 0 bridgehead atoms. The Morgan fingerprint density at radius 3 is 2.59 bits per heavy atom. The molecule has 27 heavy (non-hydrogen) atoms. The number of hydrogen-bond donors (Lipinski definition) is 1. The lowest BCUT2D eigenvalue weighted by Gasteiger charge is -2.34. The molecule has 1 saturated heterocycles. The maximum absolute atomic E-state index is 12.2. The molecule has 7 nitrogen and oxygen atoms in total. The maximum Gasteiger partial charge on any atom is 0.317 e. The first-order chi connectivity index (χ1) is 13.0. The van der Waals surface area contributed by atoms with E-state index in [1.165, 1.54) is 6.26 Å².